The number of nitrogens with one attached hydrogen (secondary N) is 2. The van der Waals surface area contributed by atoms with Crippen LogP contribution >= 0.6 is 0 Å². The summed E-state index contributed by atoms with van der Waals surface area (Å²) >= 11 is 0. The zero-order valence-corrected chi connectivity index (χ0v) is 12.2. The van der Waals surface area contributed by atoms with Crippen LogP contribution < -0.4 is 10.6 Å². The van der Waals surface area contributed by atoms with Gasteiger partial charge >= 0.3 is 5.96 Å². The molecule has 1 aromatic carbocycles. The number of hydrogen-bond donors (Lipinski definition) is 2. The van der Waals surface area contributed by atoms with Crippen LogP contribution in [-0.4, -0.2) is 37.0 Å². The first kappa shape index (κ1) is 13.6. The van der Waals surface area contributed by atoms with Crippen molar-refractivity contribution in [2.24, 2.45) is 5.10 Å². The van der Waals surface area contributed by atoms with Crippen molar-refractivity contribution in [3.63, 3.8) is 0 Å². The van der Waals surface area contributed by atoms with Crippen LogP contribution in [-0.2, 0) is 5.41 Å². The quantitative estimate of drug-likeness (QED) is 0.480. The van der Waals surface area contributed by atoms with Gasteiger partial charge in [-0.2, -0.15) is 0 Å². The van der Waals surface area contributed by atoms with E-state index in [-0.39, 0.29) is 5.41 Å². The summed E-state index contributed by atoms with van der Waals surface area (Å²) < 4.78 is 1.82. The van der Waals surface area contributed by atoms with Gasteiger partial charge in [0.05, 0.1) is 26.4 Å². The molecule has 1 aliphatic rings. The lowest BCUT2D eigenvalue weighted by molar-refractivity contribution is -0.505. The largest absolute Gasteiger partial charge is 0.369 e. The summed E-state index contributed by atoms with van der Waals surface area (Å²) in [5.74, 6) is 0.961. The minimum Gasteiger partial charge on any atom is -0.273 e. The SMILES string of the molecule is C[N+](/N=C/c1ccc(C(C)(C)C)cc1)=C1NCCN1. The molecule has 4 nitrogen and oxygen atoms in total. The van der Waals surface area contributed by atoms with E-state index in [0.29, 0.717) is 0 Å². The van der Waals surface area contributed by atoms with Gasteiger partial charge in [0, 0.05) is 0 Å². The van der Waals surface area contributed by atoms with E-state index in [2.05, 4.69) is 60.8 Å². The van der Waals surface area contributed by atoms with E-state index in [9.17, 15) is 0 Å². The number of benzene rings is 1. The highest BCUT2D eigenvalue weighted by Crippen LogP contribution is 2.21. The third-order valence-electron chi connectivity index (χ3n) is 3.19. The van der Waals surface area contributed by atoms with Crippen molar-refractivity contribution in [1.29, 1.82) is 0 Å². The van der Waals surface area contributed by atoms with Crippen molar-refractivity contribution in [2.45, 2.75) is 26.2 Å². The van der Waals surface area contributed by atoms with E-state index < -0.39 is 0 Å². The van der Waals surface area contributed by atoms with Crippen LogP contribution in [0.5, 0.6) is 0 Å². The van der Waals surface area contributed by atoms with Crippen LogP contribution in [0.3, 0.4) is 0 Å². The molecule has 0 radical (unpaired) electrons. The monoisotopic (exact) mass is 259 g/mol. The standard InChI is InChI=1S/C15H22N4/c1-15(2,3)13-7-5-12(6-8-13)11-18-19(4)14-16-9-10-17-14/h5-8,11H,9-10H2,1-4H3,(H,16,17)/p+1/b18-11+. The van der Waals surface area contributed by atoms with Crippen LogP contribution in [0.15, 0.2) is 29.4 Å². The van der Waals surface area contributed by atoms with E-state index in [0.717, 1.165) is 24.6 Å². The molecule has 2 rings (SSSR count). The fourth-order valence-corrected chi connectivity index (χ4v) is 1.93. The highest BCUT2D eigenvalue weighted by atomic mass is 15.4. The van der Waals surface area contributed by atoms with Crippen LogP contribution in [0.2, 0.25) is 0 Å². The molecule has 0 atom stereocenters. The van der Waals surface area contributed by atoms with Gasteiger partial charge in [0.2, 0.25) is 0 Å². The second kappa shape index (κ2) is 5.43. The summed E-state index contributed by atoms with van der Waals surface area (Å²) in [6.07, 6.45) is 1.88. The Hall–Kier alpha value is -1.84. The summed E-state index contributed by atoms with van der Waals surface area (Å²) in [4.78, 5) is 0. The normalized spacial score (nSPS) is 15.5. The molecular formula is C15H23N4+. The van der Waals surface area contributed by atoms with Gasteiger partial charge in [0.15, 0.2) is 0 Å². The molecule has 0 aromatic heterocycles. The Morgan fingerprint density at radius 1 is 1.11 bits per heavy atom. The lowest BCUT2D eigenvalue weighted by Crippen LogP contribution is -2.31. The lowest BCUT2D eigenvalue weighted by atomic mass is 9.87. The van der Waals surface area contributed by atoms with Crippen molar-refractivity contribution in [3.8, 4) is 0 Å². The maximum Gasteiger partial charge on any atom is 0.369 e. The molecule has 1 fully saturated rings. The smallest absolute Gasteiger partial charge is 0.273 e. The lowest BCUT2D eigenvalue weighted by Gasteiger charge is -2.18. The summed E-state index contributed by atoms with van der Waals surface area (Å²) in [7, 11) is 1.93. The van der Waals surface area contributed by atoms with Gasteiger partial charge in [-0.15, -0.1) is 9.79 Å². The molecule has 1 heterocycles. The second-order valence-electron chi connectivity index (χ2n) is 5.84. The van der Waals surface area contributed by atoms with Crippen molar-refractivity contribution < 1.29 is 4.68 Å². The first-order chi connectivity index (χ1) is 8.97. The van der Waals surface area contributed by atoms with Gasteiger partial charge < -0.3 is 0 Å². The minimum atomic E-state index is 0.194. The van der Waals surface area contributed by atoms with Crippen LogP contribution in [0.1, 0.15) is 31.9 Å². The van der Waals surface area contributed by atoms with Gasteiger partial charge in [-0.1, -0.05) is 45.0 Å². The average Bonchev–Trinajstić information content (AvgIpc) is 2.89. The maximum absolute atomic E-state index is 4.41. The maximum atomic E-state index is 4.41. The molecule has 0 saturated carbocycles. The molecule has 1 saturated heterocycles. The number of hydrazone groups is 1. The van der Waals surface area contributed by atoms with E-state index in [1.807, 2.05) is 17.9 Å². The molecule has 102 valence electrons. The summed E-state index contributed by atoms with van der Waals surface area (Å²) in [5.41, 5.74) is 2.64. The van der Waals surface area contributed by atoms with E-state index >= 15 is 0 Å². The molecule has 0 bridgehead atoms. The zero-order valence-electron chi connectivity index (χ0n) is 12.2. The Morgan fingerprint density at radius 2 is 1.68 bits per heavy atom. The van der Waals surface area contributed by atoms with Gasteiger partial charge in [-0.05, 0) is 16.5 Å². The third-order valence-corrected chi connectivity index (χ3v) is 3.19. The van der Waals surface area contributed by atoms with Crippen molar-refractivity contribution in [2.75, 3.05) is 20.1 Å². The highest BCUT2D eigenvalue weighted by molar-refractivity contribution is 5.80. The molecule has 2 N–H and O–H groups in total. The van der Waals surface area contributed by atoms with Gasteiger partial charge in [0.1, 0.15) is 0 Å². The van der Waals surface area contributed by atoms with Crippen molar-refractivity contribution >= 4 is 12.2 Å². The molecule has 4 heteroatoms. The number of rotatable bonds is 2. The number of guanidine groups is 1. The first-order valence-corrected chi connectivity index (χ1v) is 6.70. The van der Waals surface area contributed by atoms with Gasteiger partial charge in [-0.3, -0.25) is 10.6 Å². The Kier molecular flexibility index (Phi) is 3.88. The Morgan fingerprint density at radius 3 is 2.21 bits per heavy atom. The third kappa shape index (κ3) is 3.56. The Balaban J connectivity index is 2.09. The second-order valence-corrected chi connectivity index (χ2v) is 5.84. The molecule has 0 spiro atoms. The molecule has 0 unspecified atom stereocenters. The minimum absolute atomic E-state index is 0.194. The molecule has 19 heavy (non-hydrogen) atoms. The highest BCUT2D eigenvalue weighted by Gasteiger charge is 2.15. The van der Waals surface area contributed by atoms with E-state index in [4.69, 9.17) is 0 Å². The summed E-state index contributed by atoms with van der Waals surface area (Å²) in [6.45, 7) is 8.57. The fourth-order valence-electron chi connectivity index (χ4n) is 1.93. The number of hydrogen-bond acceptors (Lipinski definition) is 1. The van der Waals surface area contributed by atoms with Crippen molar-refractivity contribution in [3.05, 3.63) is 35.4 Å². The van der Waals surface area contributed by atoms with Crippen LogP contribution in [0, 0.1) is 0 Å². The molecular weight excluding hydrogens is 236 g/mol. The van der Waals surface area contributed by atoms with Gasteiger partial charge in [0.25, 0.3) is 0 Å². The molecule has 0 amide bonds. The Bertz CT molecular complexity index is 484. The average molecular weight is 259 g/mol. The first-order valence-electron chi connectivity index (χ1n) is 6.70. The predicted octanol–water partition coefficient (Wildman–Crippen LogP) is 1.51. The fraction of sp³-hybridized carbons (Fsp3) is 0.467. The zero-order chi connectivity index (χ0) is 13.9. The predicted molar refractivity (Wildman–Crippen MR) is 79.9 cm³/mol. The van der Waals surface area contributed by atoms with E-state index in [1.165, 1.54) is 5.56 Å². The Labute approximate surface area is 115 Å². The topological polar surface area (TPSA) is 39.4 Å². The van der Waals surface area contributed by atoms with E-state index in [1.54, 1.807) is 0 Å². The van der Waals surface area contributed by atoms with Crippen LogP contribution in [0.25, 0.3) is 0 Å². The molecule has 1 aromatic rings. The molecule has 0 aliphatic carbocycles. The van der Waals surface area contributed by atoms with Crippen molar-refractivity contribution in [1.82, 2.24) is 10.6 Å². The summed E-state index contributed by atoms with van der Waals surface area (Å²) in [6, 6.07) is 8.55. The summed E-state index contributed by atoms with van der Waals surface area (Å²) in [5, 5.41) is 10.9. The van der Waals surface area contributed by atoms with Crippen LogP contribution in [0.4, 0.5) is 0 Å². The molecule has 1 aliphatic heterocycles. The van der Waals surface area contributed by atoms with Gasteiger partial charge in [-0.25, -0.2) is 0 Å². The number of nitrogens with zero attached hydrogens (tertiary/aromatic N) is 2.